The van der Waals surface area contributed by atoms with E-state index in [0.717, 1.165) is 11.4 Å². The van der Waals surface area contributed by atoms with Crippen LogP contribution in [0.4, 0.5) is 11.4 Å². The van der Waals surface area contributed by atoms with Gasteiger partial charge in [-0.15, -0.1) is 0 Å². The van der Waals surface area contributed by atoms with Gasteiger partial charge in [-0.3, -0.25) is 0 Å². The highest BCUT2D eigenvalue weighted by molar-refractivity contribution is 5.97. The summed E-state index contributed by atoms with van der Waals surface area (Å²) in [6, 6.07) is 38.5. The summed E-state index contributed by atoms with van der Waals surface area (Å²) in [4.78, 5) is 0. The molecule has 0 saturated heterocycles. The van der Waals surface area contributed by atoms with Crippen molar-refractivity contribution in [2.75, 3.05) is 5.32 Å². The van der Waals surface area contributed by atoms with E-state index in [1.807, 2.05) is 0 Å². The fourth-order valence-corrected chi connectivity index (χ4v) is 3.70. The molecule has 1 nitrogen and oxygen atoms in total. The second-order valence-electron chi connectivity index (χ2n) is 6.76. The Labute approximate surface area is 158 Å². The second-order valence-corrected chi connectivity index (χ2v) is 6.76. The standard InChI is InChI=1S/C26H19N/c1-3-11-23-19(7-1)9-5-13-24(23)21-15-17-22(18-16-21)27-26-14-6-10-20-8-2-4-12-25(20)26/h1-18,27H. The van der Waals surface area contributed by atoms with Crippen molar-refractivity contribution in [2.45, 2.75) is 0 Å². The van der Waals surface area contributed by atoms with Crippen molar-refractivity contribution in [1.29, 1.82) is 0 Å². The number of hydrogen-bond acceptors (Lipinski definition) is 1. The maximum absolute atomic E-state index is 3.56. The molecule has 0 aromatic heterocycles. The van der Waals surface area contributed by atoms with Gasteiger partial charge in [0.15, 0.2) is 0 Å². The molecule has 0 fully saturated rings. The SMILES string of the molecule is c1ccc2c(Nc3ccc(-c4cccc5ccccc45)cc3)cccc2c1. The van der Waals surface area contributed by atoms with Crippen LogP contribution in [0.3, 0.4) is 0 Å². The maximum Gasteiger partial charge on any atom is 0.0463 e. The first-order valence-corrected chi connectivity index (χ1v) is 9.21. The van der Waals surface area contributed by atoms with Crippen LogP contribution in [0, 0.1) is 0 Å². The number of anilines is 2. The summed E-state index contributed by atoms with van der Waals surface area (Å²) in [5, 5.41) is 8.60. The van der Waals surface area contributed by atoms with Crippen LogP contribution in [0.5, 0.6) is 0 Å². The molecule has 0 heterocycles. The molecule has 5 aromatic carbocycles. The number of rotatable bonds is 3. The van der Waals surface area contributed by atoms with Gasteiger partial charge >= 0.3 is 0 Å². The molecular formula is C26H19N. The minimum atomic E-state index is 1.09. The van der Waals surface area contributed by atoms with Crippen LogP contribution in [0.1, 0.15) is 0 Å². The number of benzene rings is 5. The first-order valence-electron chi connectivity index (χ1n) is 9.21. The normalized spacial score (nSPS) is 11.0. The van der Waals surface area contributed by atoms with Gasteiger partial charge < -0.3 is 5.32 Å². The maximum atomic E-state index is 3.56. The van der Waals surface area contributed by atoms with Gasteiger partial charge in [-0.05, 0) is 45.5 Å². The van der Waals surface area contributed by atoms with Crippen LogP contribution in [-0.4, -0.2) is 0 Å². The van der Waals surface area contributed by atoms with E-state index in [1.165, 1.54) is 32.7 Å². The monoisotopic (exact) mass is 345 g/mol. The predicted octanol–water partition coefficient (Wildman–Crippen LogP) is 7.40. The topological polar surface area (TPSA) is 12.0 Å². The summed E-state index contributed by atoms with van der Waals surface area (Å²) >= 11 is 0. The highest BCUT2D eigenvalue weighted by atomic mass is 14.9. The van der Waals surface area contributed by atoms with Crippen LogP contribution >= 0.6 is 0 Å². The van der Waals surface area contributed by atoms with Crippen molar-refractivity contribution in [1.82, 2.24) is 0 Å². The summed E-state index contributed by atoms with van der Waals surface area (Å²) in [5.41, 5.74) is 4.72. The lowest BCUT2D eigenvalue weighted by molar-refractivity contribution is 1.57. The number of fused-ring (bicyclic) bond motifs is 2. The van der Waals surface area contributed by atoms with Crippen LogP contribution < -0.4 is 5.32 Å². The Bertz CT molecular complexity index is 1230. The van der Waals surface area contributed by atoms with Gasteiger partial charge in [0.25, 0.3) is 0 Å². The molecule has 0 unspecified atom stereocenters. The Balaban J connectivity index is 1.50. The van der Waals surface area contributed by atoms with Gasteiger partial charge in [-0.25, -0.2) is 0 Å². The van der Waals surface area contributed by atoms with Crippen LogP contribution in [0.15, 0.2) is 109 Å². The van der Waals surface area contributed by atoms with Crippen molar-refractivity contribution >= 4 is 32.9 Å². The van der Waals surface area contributed by atoms with Crippen molar-refractivity contribution in [3.05, 3.63) is 109 Å². The van der Waals surface area contributed by atoms with Crippen molar-refractivity contribution < 1.29 is 0 Å². The van der Waals surface area contributed by atoms with E-state index in [0.29, 0.717) is 0 Å². The molecule has 5 aromatic rings. The fourth-order valence-electron chi connectivity index (χ4n) is 3.70. The van der Waals surface area contributed by atoms with Crippen molar-refractivity contribution in [3.63, 3.8) is 0 Å². The third-order valence-electron chi connectivity index (χ3n) is 5.05. The average Bonchev–Trinajstić information content (AvgIpc) is 2.74. The Morgan fingerprint density at radius 3 is 1.81 bits per heavy atom. The smallest absolute Gasteiger partial charge is 0.0463 e. The Hall–Kier alpha value is -3.58. The minimum Gasteiger partial charge on any atom is -0.355 e. The molecular weight excluding hydrogens is 326 g/mol. The summed E-state index contributed by atoms with van der Waals surface area (Å²) in [7, 11) is 0. The van der Waals surface area contributed by atoms with Gasteiger partial charge in [-0.1, -0.05) is 91.0 Å². The number of nitrogens with one attached hydrogen (secondary N) is 1. The highest BCUT2D eigenvalue weighted by Crippen LogP contribution is 2.31. The third-order valence-corrected chi connectivity index (χ3v) is 5.05. The quantitative estimate of drug-likeness (QED) is 0.359. The zero-order chi connectivity index (χ0) is 18.1. The van der Waals surface area contributed by atoms with Crippen molar-refractivity contribution in [3.8, 4) is 11.1 Å². The summed E-state index contributed by atoms with van der Waals surface area (Å²) in [6.07, 6.45) is 0. The van der Waals surface area contributed by atoms with Crippen LogP contribution in [0.25, 0.3) is 32.7 Å². The average molecular weight is 345 g/mol. The Kier molecular flexibility index (Phi) is 3.84. The van der Waals surface area contributed by atoms with E-state index >= 15 is 0 Å². The fraction of sp³-hybridized carbons (Fsp3) is 0. The lowest BCUT2D eigenvalue weighted by Gasteiger charge is -2.11. The molecule has 0 saturated carbocycles. The van der Waals surface area contributed by atoms with E-state index in [9.17, 15) is 0 Å². The molecule has 0 radical (unpaired) electrons. The van der Waals surface area contributed by atoms with Gasteiger partial charge in [0.2, 0.25) is 0 Å². The molecule has 0 spiro atoms. The molecule has 0 bridgehead atoms. The van der Waals surface area contributed by atoms with E-state index in [-0.39, 0.29) is 0 Å². The van der Waals surface area contributed by atoms with E-state index in [1.54, 1.807) is 0 Å². The lowest BCUT2D eigenvalue weighted by atomic mass is 9.98. The van der Waals surface area contributed by atoms with Gasteiger partial charge in [0.1, 0.15) is 0 Å². The molecule has 0 aliphatic heterocycles. The van der Waals surface area contributed by atoms with Gasteiger partial charge in [-0.2, -0.15) is 0 Å². The van der Waals surface area contributed by atoms with Crippen molar-refractivity contribution in [2.24, 2.45) is 0 Å². The van der Waals surface area contributed by atoms with E-state index in [2.05, 4.69) is 115 Å². The highest BCUT2D eigenvalue weighted by Gasteiger charge is 2.04. The predicted molar refractivity (Wildman–Crippen MR) is 117 cm³/mol. The zero-order valence-electron chi connectivity index (χ0n) is 14.9. The molecule has 0 aliphatic carbocycles. The first kappa shape index (κ1) is 15.7. The summed E-state index contributed by atoms with van der Waals surface area (Å²) in [5.74, 6) is 0. The molecule has 5 rings (SSSR count). The molecule has 0 amide bonds. The Morgan fingerprint density at radius 1 is 0.444 bits per heavy atom. The largest absolute Gasteiger partial charge is 0.355 e. The first-order chi connectivity index (χ1) is 13.4. The summed E-state index contributed by atoms with van der Waals surface area (Å²) in [6.45, 7) is 0. The molecule has 1 N–H and O–H groups in total. The molecule has 27 heavy (non-hydrogen) atoms. The summed E-state index contributed by atoms with van der Waals surface area (Å²) < 4.78 is 0. The number of hydrogen-bond donors (Lipinski definition) is 1. The minimum absolute atomic E-state index is 1.09. The van der Waals surface area contributed by atoms with Crippen LogP contribution in [-0.2, 0) is 0 Å². The van der Waals surface area contributed by atoms with Crippen LogP contribution in [0.2, 0.25) is 0 Å². The zero-order valence-corrected chi connectivity index (χ0v) is 14.9. The van der Waals surface area contributed by atoms with Gasteiger partial charge in [0.05, 0.1) is 0 Å². The molecule has 128 valence electrons. The Morgan fingerprint density at radius 2 is 1.04 bits per heavy atom. The molecule has 0 atom stereocenters. The molecule has 0 aliphatic rings. The van der Waals surface area contributed by atoms with E-state index < -0.39 is 0 Å². The molecule has 1 heteroatoms. The lowest BCUT2D eigenvalue weighted by Crippen LogP contribution is -1.91. The van der Waals surface area contributed by atoms with E-state index in [4.69, 9.17) is 0 Å². The third kappa shape index (κ3) is 2.94. The second kappa shape index (κ2) is 6.62. The van der Waals surface area contributed by atoms with Gasteiger partial charge in [0, 0.05) is 16.8 Å².